The van der Waals surface area contributed by atoms with Crippen LogP contribution in [0, 0.1) is 0 Å². The van der Waals surface area contributed by atoms with E-state index in [2.05, 4.69) is 20.9 Å². The van der Waals surface area contributed by atoms with E-state index in [0.717, 1.165) is 6.20 Å². The van der Waals surface area contributed by atoms with Gasteiger partial charge in [0.15, 0.2) is 5.75 Å². The number of hydrogen-bond acceptors (Lipinski definition) is 4. The quantitative estimate of drug-likeness (QED) is 0.802. The van der Waals surface area contributed by atoms with Crippen LogP contribution in [-0.4, -0.2) is 24.7 Å². The fraction of sp³-hybridized carbons (Fsp3) is 0.400. The molecule has 0 aromatic carbocycles. The highest BCUT2D eigenvalue weighted by Crippen LogP contribution is 2.34. The molecular weight excluding hydrogens is 300 g/mol. The first-order valence-electron chi connectivity index (χ1n) is 4.70. The van der Waals surface area contributed by atoms with Crippen LogP contribution < -0.4 is 4.74 Å². The van der Waals surface area contributed by atoms with E-state index in [0.29, 0.717) is 4.47 Å². The molecule has 0 bridgehead atoms. The third-order valence-corrected chi connectivity index (χ3v) is 2.47. The average Bonchev–Trinajstić information content (AvgIpc) is 2.28. The molecule has 94 valence electrons. The molecule has 0 aliphatic carbocycles. The molecule has 17 heavy (non-hydrogen) atoms. The Kier molecular flexibility index (Phi) is 4.80. The molecule has 0 unspecified atom stereocenters. The molecule has 0 saturated carbocycles. The molecule has 4 nitrogen and oxygen atoms in total. The van der Waals surface area contributed by atoms with Gasteiger partial charge in [0, 0.05) is 6.20 Å². The molecule has 0 atom stereocenters. The lowest BCUT2D eigenvalue weighted by atomic mass is 10.1. The van der Waals surface area contributed by atoms with Crippen LogP contribution in [0.15, 0.2) is 10.7 Å². The maximum absolute atomic E-state index is 12.7. The summed E-state index contributed by atoms with van der Waals surface area (Å²) >= 11 is 3.07. The fourth-order valence-corrected chi connectivity index (χ4v) is 1.71. The zero-order chi connectivity index (χ0) is 13.0. The summed E-state index contributed by atoms with van der Waals surface area (Å²) in [5.41, 5.74) is -0.998. The number of carbonyl (C=O) groups is 1. The normalized spacial score (nSPS) is 10.5. The minimum Gasteiger partial charge on any atom is -0.495 e. The van der Waals surface area contributed by atoms with Crippen molar-refractivity contribution < 1.29 is 23.0 Å². The van der Waals surface area contributed by atoms with E-state index in [1.54, 1.807) is 6.92 Å². The van der Waals surface area contributed by atoms with Crippen molar-refractivity contribution >= 4 is 21.9 Å². The summed E-state index contributed by atoms with van der Waals surface area (Å²) in [4.78, 5) is 15.1. The van der Waals surface area contributed by atoms with Crippen molar-refractivity contribution in [2.45, 2.75) is 13.3 Å². The highest BCUT2D eigenvalue weighted by atomic mass is 79.9. The van der Waals surface area contributed by atoms with Gasteiger partial charge in [0.05, 0.1) is 18.2 Å². The lowest BCUT2D eigenvalue weighted by molar-refractivity contribution is 0.0509. The van der Waals surface area contributed by atoms with Gasteiger partial charge in [0.2, 0.25) is 0 Å². The van der Waals surface area contributed by atoms with E-state index >= 15 is 0 Å². The number of methoxy groups -OCH3 is 1. The van der Waals surface area contributed by atoms with Crippen molar-refractivity contribution in [1.82, 2.24) is 4.98 Å². The average molecular weight is 310 g/mol. The second-order valence-corrected chi connectivity index (χ2v) is 3.78. The number of hydrogen-bond donors (Lipinski definition) is 0. The Hall–Kier alpha value is -1.24. The largest absolute Gasteiger partial charge is 0.495 e. The number of nitrogens with zero attached hydrogens (tertiary/aromatic N) is 1. The highest BCUT2D eigenvalue weighted by molar-refractivity contribution is 9.10. The summed E-state index contributed by atoms with van der Waals surface area (Å²) in [6.45, 7) is 1.66. The van der Waals surface area contributed by atoms with Gasteiger partial charge in [-0.05, 0) is 22.9 Å². The Morgan fingerprint density at radius 1 is 1.59 bits per heavy atom. The van der Waals surface area contributed by atoms with Crippen LogP contribution in [0.2, 0.25) is 0 Å². The molecule has 0 fully saturated rings. The number of aromatic nitrogens is 1. The molecule has 7 heteroatoms. The molecule has 0 saturated heterocycles. The van der Waals surface area contributed by atoms with Crippen molar-refractivity contribution in [3.63, 3.8) is 0 Å². The van der Waals surface area contributed by atoms with Gasteiger partial charge in [0.25, 0.3) is 6.43 Å². The topological polar surface area (TPSA) is 48.4 Å². The van der Waals surface area contributed by atoms with Crippen LogP contribution in [-0.2, 0) is 4.74 Å². The zero-order valence-electron chi connectivity index (χ0n) is 9.17. The number of rotatable bonds is 4. The second kappa shape index (κ2) is 5.90. The van der Waals surface area contributed by atoms with Crippen LogP contribution in [0.1, 0.15) is 29.4 Å². The van der Waals surface area contributed by atoms with Crippen molar-refractivity contribution in [3.05, 3.63) is 21.9 Å². The molecule has 0 aliphatic rings. The monoisotopic (exact) mass is 309 g/mol. The third kappa shape index (κ3) is 2.91. The van der Waals surface area contributed by atoms with E-state index in [-0.39, 0.29) is 17.9 Å². The van der Waals surface area contributed by atoms with Gasteiger partial charge in [-0.15, -0.1) is 0 Å². The molecule has 1 rings (SSSR count). The minimum atomic E-state index is -2.88. The maximum atomic E-state index is 12.7. The van der Waals surface area contributed by atoms with Crippen molar-refractivity contribution in [2.24, 2.45) is 0 Å². The first-order valence-corrected chi connectivity index (χ1v) is 5.49. The van der Waals surface area contributed by atoms with Gasteiger partial charge in [0.1, 0.15) is 11.3 Å². The highest BCUT2D eigenvalue weighted by Gasteiger charge is 2.27. The van der Waals surface area contributed by atoms with Gasteiger partial charge in [-0.3, -0.25) is 4.98 Å². The summed E-state index contributed by atoms with van der Waals surface area (Å²) < 4.78 is 35.4. The predicted octanol–water partition coefficient (Wildman–Crippen LogP) is 2.97. The Morgan fingerprint density at radius 2 is 2.24 bits per heavy atom. The Balaban J connectivity index is 3.38. The molecule has 0 radical (unpaired) electrons. The molecule has 1 aromatic rings. The molecule has 0 amide bonds. The van der Waals surface area contributed by atoms with Crippen molar-refractivity contribution in [2.75, 3.05) is 13.7 Å². The number of esters is 1. The second-order valence-electron chi connectivity index (χ2n) is 2.92. The standard InChI is InChI=1S/C10H10BrF2NO3/c1-3-17-10(15)6-7(9(12)13)14-4-5(11)8(6)16-2/h4,9H,3H2,1-2H3. The van der Waals surface area contributed by atoms with E-state index in [1.165, 1.54) is 7.11 Å². The van der Waals surface area contributed by atoms with E-state index in [1.807, 2.05) is 0 Å². The van der Waals surface area contributed by atoms with Gasteiger partial charge in [-0.1, -0.05) is 0 Å². The minimum absolute atomic E-state index is 0.00579. The summed E-state index contributed by atoms with van der Waals surface area (Å²) in [6, 6.07) is 0. The van der Waals surface area contributed by atoms with Gasteiger partial charge in [-0.25, -0.2) is 13.6 Å². The molecule has 1 aromatic heterocycles. The third-order valence-electron chi connectivity index (χ3n) is 1.91. The summed E-state index contributed by atoms with van der Waals surface area (Å²) in [7, 11) is 1.28. The Morgan fingerprint density at radius 3 is 2.71 bits per heavy atom. The van der Waals surface area contributed by atoms with Crippen LogP contribution in [0.4, 0.5) is 8.78 Å². The molecular formula is C10H10BrF2NO3. The predicted molar refractivity (Wildman–Crippen MR) is 59.4 cm³/mol. The number of carbonyl (C=O) groups excluding carboxylic acids is 1. The smallest absolute Gasteiger partial charge is 0.344 e. The molecule has 1 heterocycles. The van der Waals surface area contributed by atoms with E-state index in [4.69, 9.17) is 9.47 Å². The van der Waals surface area contributed by atoms with Crippen molar-refractivity contribution in [3.8, 4) is 5.75 Å². The Bertz CT molecular complexity index is 426. The number of pyridine rings is 1. The van der Waals surface area contributed by atoms with E-state index < -0.39 is 18.1 Å². The first-order chi connectivity index (χ1) is 8.02. The first kappa shape index (κ1) is 13.8. The van der Waals surface area contributed by atoms with Gasteiger partial charge < -0.3 is 9.47 Å². The molecule has 0 N–H and O–H groups in total. The zero-order valence-corrected chi connectivity index (χ0v) is 10.8. The lowest BCUT2D eigenvalue weighted by Crippen LogP contribution is -2.12. The summed E-state index contributed by atoms with van der Waals surface area (Å²) in [5.74, 6) is -0.887. The Labute approximate surface area is 105 Å². The van der Waals surface area contributed by atoms with Crippen LogP contribution in [0.25, 0.3) is 0 Å². The van der Waals surface area contributed by atoms with Crippen molar-refractivity contribution in [1.29, 1.82) is 0 Å². The SMILES string of the molecule is CCOC(=O)c1c(C(F)F)ncc(Br)c1OC. The van der Waals surface area contributed by atoms with Crippen LogP contribution >= 0.6 is 15.9 Å². The van der Waals surface area contributed by atoms with Crippen LogP contribution in [0.5, 0.6) is 5.75 Å². The fourth-order valence-electron chi connectivity index (χ4n) is 1.25. The van der Waals surface area contributed by atoms with Gasteiger partial charge >= 0.3 is 5.97 Å². The maximum Gasteiger partial charge on any atom is 0.344 e. The summed E-state index contributed by atoms with van der Waals surface area (Å²) in [5, 5.41) is 0. The number of alkyl halides is 2. The number of halogens is 3. The van der Waals surface area contributed by atoms with E-state index in [9.17, 15) is 13.6 Å². The lowest BCUT2D eigenvalue weighted by Gasteiger charge is -2.12. The molecule has 0 spiro atoms. The number of ether oxygens (including phenoxy) is 2. The molecule has 0 aliphatic heterocycles. The van der Waals surface area contributed by atoms with Crippen LogP contribution in [0.3, 0.4) is 0 Å². The summed E-state index contributed by atoms with van der Waals surface area (Å²) in [6.07, 6.45) is -1.72. The van der Waals surface area contributed by atoms with Gasteiger partial charge in [-0.2, -0.15) is 0 Å².